The molecule has 1 aliphatic carbocycles. The zero-order valence-corrected chi connectivity index (χ0v) is 15.0. The first-order chi connectivity index (χ1) is 11.2. The number of fused-ring (bicyclic) bond motifs is 1. The van der Waals surface area contributed by atoms with Gasteiger partial charge in [0.2, 0.25) is 0 Å². The molecule has 3 rings (SSSR count). The number of alkyl carbamates (subject to hydrolysis) is 1. The van der Waals surface area contributed by atoms with Crippen molar-refractivity contribution in [3.63, 3.8) is 0 Å². The quantitative estimate of drug-likeness (QED) is 0.827. The third kappa shape index (κ3) is 3.44. The van der Waals surface area contributed by atoms with E-state index in [9.17, 15) is 14.7 Å². The Balaban J connectivity index is 1.70. The first kappa shape index (κ1) is 16.9. The average Bonchev–Trinajstić information content (AvgIpc) is 2.47. The number of nitrogens with one attached hydrogen (secondary N) is 1. The molecule has 2 N–H and O–H groups in total. The summed E-state index contributed by atoms with van der Waals surface area (Å²) in [6.07, 6.45) is 2.07. The van der Waals surface area contributed by atoms with Crippen molar-refractivity contribution in [2.24, 2.45) is 0 Å². The molecule has 0 radical (unpaired) electrons. The van der Waals surface area contributed by atoms with Gasteiger partial charge in [0.25, 0.3) is 5.56 Å². The van der Waals surface area contributed by atoms with Gasteiger partial charge in [0.15, 0.2) is 0 Å². The molecule has 0 bridgehead atoms. The van der Waals surface area contributed by atoms with Crippen LogP contribution in [0.4, 0.5) is 4.79 Å². The molecular weight excluding hydrogens is 378 g/mol. The number of carbonyl (C=O) groups excluding carboxylic acids is 1. The smallest absolute Gasteiger partial charge is 0.407 e. The Kier molecular flexibility index (Phi) is 4.35. The second-order valence-electron chi connectivity index (χ2n) is 6.38. The van der Waals surface area contributed by atoms with E-state index in [2.05, 4.69) is 26.2 Å². The van der Waals surface area contributed by atoms with Gasteiger partial charge in [-0.25, -0.2) is 9.78 Å². The standard InChI is InChI=1S/C16H18BrN3O4/c1-9-12(8-24-15(22)18-11-6-16(2,23)7-11)19-13-5-10(17)3-4-20(13)14(9)21/h3-5,11,23H,6-8H2,1-2H3,(H,18,22). The summed E-state index contributed by atoms with van der Waals surface area (Å²) in [7, 11) is 0. The maximum Gasteiger partial charge on any atom is 0.407 e. The van der Waals surface area contributed by atoms with Gasteiger partial charge < -0.3 is 15.2 Å². The topological polar surface area (TPSA) is 92.9 Å². The Labute approximate surface area is 146 Å². The van der Waals surface area contributed by atoms with E-state index >= 15 is 0 Å². The van der Waals surface area contributed by atoms with Crippen LogP contribution in [0.5, 0.6) is 0 Å². The van der Waals surface area contributed by atoms with Crippen LogP contribution in [0.25, 0.3) is 5.65 Å². The first-order valence-electron chi connectivity index (χ1n) is 7.58. The number of carbonyl (C=O) groups is 1. The molecule has 0 aromatic carbocycles. The summed E-state index contributed by atoms with van der Waals surface area (Å²) in [5.74, 6) is 0. The molecular formula is C16H18BrN3O4. The molecule has 1 amide bonds. The zero-order chi connectivity index (χ0) is 17.5. The fraction of sp³-hybridized carbons (Fsp3) is 0.438. The Morgan fingerprint density at radius 3 is 2.96 bits per heavy atom. The maximum absolute atomic E-state index is 12.3. The predicted octanol–water partition coefficient (Wildman–Crippen LogP) is 1.91. The van der Waals surface area contributed by atoms with Crippen LogP contribution in [0.15, 0.2) is 27.6 Å². The monoisotopic (exact) mass is 395 g/mol. The van der Waals surface area contributed by atoms with Crippen LogP contribution >= 0.6 is 15.9 Å². The van der Waals surface area contributed by atoms with Gasteiger partial charge in [-0.1, -0.05) is 15.9 Å². The van der Waals surface area contributed by atoms with Crippen molar-refractivity contribution < 1.29 is 14.6 Å². The number of aromatic nitrogens is 2. The van der Waals surface area contributed by atoms with Gasteiger partial charge in [-0.05, 0) is 38.8 Å². The lowest BCUT2D eigenvalue weighted by Gasteiger charge is -2.40. The second-order valence-corrected chi connectivity index (χ2v) is 7.30. The molecule has 128 valence electrons. The summed E-state index contributed by atoms with van der Waals surface area (Å²) in [6, 6.07) is 3.40. The number of rotatable bonds is 3. The molecule has 24 heavy (non-hydrogen) atoms. The second kappa shape index (κ2) is 6.18. The molecule has 1 saturated carbocycles. The fourth-order valence-corrected chi connectivity index (χ4v) is 3.16. The molecule has 8 heteroatoms. The third-order valence-electron chi connectivity index (χ3n) is 4.15. The minimum atomic E-state index is -0.712. The molecule has 1 aliphatic rings. The van der Waals surface area contributed by atoms with Gasteiger partial charge in [-0.3, -0.25) is 9.20 Å². The van der Waals surface area contributed by atoms with Crippen molar-refractivity contribution in [1.29, 1.82) is 0 Å². The van der Waals surface area contributed by atoms with Crippen LogP contribution in [0.1, 0.15) is 31.0 Å². The lowest BCUT2D eigenvalue weighted by Crippen LogP contribution is -2.53. The number of nitrogens with zero attached hydrogens (tertiary/aromatic N) is 2. The molecule has 2 aromatic rings. The van der Waals surface area contributed by atoms with E-state index in [1.807, 2.05) is 0 Å². The van der Waals surface area contributed by atoms with Crippen molar-refractivity contribution in [3.8, 4) is 0 Å². The van der Waals surface area contributed by atoms with Crippen LogP contribution in [-0.2, 0) is 11.3 Å². The Bertz CT molecular complexity index is 854. The number of ether oxygens (including phenoxy) is 1. The predicted molar refractivity (Wildman–Crippen MR) is 90.9 cm³/mol. The number of hydrogen-bond acceptors (Lipinski definition) is 5. The van der Waals surface area contributed by atoms with Gasteiger partial charge in [-0.15, -0.1) is 0 Å². The van der Waals surface area contributed by atoms with Crippen molar-refractivity contribution in [1.82, 2.24) is 14.7 Å². The maximum atomic E-state index is 12.3. The number of halogens is 1. The van der Waals surface area contributed by atoms with E-state index in [1.54, 1.807) is 32.2 Å². The highest BCUT2D eigenvalue weighted by Crippen LogP contribution is 2.31. The lowest BCUT2D eigenvalue weighted by molar-refractivity contribution is -0.0382. The zero-order valence-electron chi connectivity index (χ0n) is 13.4. The van der Waals surface area contributed by atoms with Crippen molar-refractivity contribution in [2.45, 2.75) is 44.9 Å². The normalized spacial score (nSPS) is 22.9. The summed E-state index contributed by atoms with van der Waals surface area (Å²) in [6.45, 7) is 3.30. The summed E-state index contributed by atoms with van der Waals surface area (Å²) >= 11 is 3.34. The summed E-state index contributed by atoms with van der Waals surface area (Å²) in [5.41, 5.74) is 0.440. The SMILES string of the molecule is Cc1c(COC(=O)NC2CC(C)(O)C2)nc2cc(Br)ccn2c1=O. The van der Waals surface area contributed by atoms with E-state index in [0.29, 0.717) is 29.7 Å². The van der Waals surface area contributed by atoms with Crippen LogP contribution < -0.4 is 10.9 Å². The summed E-state index contributed by atoms with van der Waals surface area (Å²) in [5, 5.41) is 12.3. The van der Waals surface area contributed by atoms with E-state index in [0.717, 1.165) is 4.47 Å². The number of pyridine rings is 1. The third-order valence-corrected chi connectivity index (χ3v) is 4.65. The van der Waals surface area contributed by atoms with Crippen molar-refractivity contribution in [3.05, 3.63) is 44.4 Å². The van der Waals surface area contributed by atoms with Crippen LogP contribution in [0, 0.1) is 6.92 Å². The van der Waals surface area contributed by atoms with E-state index < -0.39 is 11.7 Å². The number of hydrogen-bond donors (Lipinski definition) is 2. The molecule has 2 heterocycles. The molecule has 7 nitrogen and oxygen atoms in total. The van der Waals surface area contributed by atoms with Crippen LogP contribution in [-0.4, -0.2) is 32.2 Å². The Morgan fingerprint density at radius 2 is 2.29 bits per heavy atom. The van der Waals surface area contributed by atoms with Crippen molar-refractivity contribution >= 4 is 27.7 Å². The summed E-state index contributed by atoms with van der Waals surface area (Å²) < 4.78 is 7.41. The molecule has 0 spiro atoms. The number of aliphatic hydroxyl groups is 1. The minimum absolute atomic E-state index is 0.0836. The van der Waals surface area contributed by atoms with E-state index in [4.69, 9.17) is 4.74 Å². The lowest BCUT2D eigenvalue weighted by atomic mass is 9.77. The summed E-state index contributed by atoms with van der Waals surface area (Å²) in [4.78, 5) is 28.5. The highest BCUT2D eigenvalue weighted by Gasteiger charge is 2.39. The Morgan fingerprint density at radius 1 is 1.58 bits per heavy atom. The molecule has 2 aromatic heterocycles. The minimum Gasteiger partial charge on any atom is -0.443 e. The number of amides is 1. The molecule has 0 aliphatic heterocycles. The van der Waals surface area contributed by atoms with Gasteiger partial charge in [0.05, 0.1) is 11.3 Å². The highest BCUT2D eigenvalue weighted by atomic mass is 79.9. The largest absolute Gasteiger partial charge is 0.443 e. The molecule has 0 saturated heterocycles. The van der Waals surface area contributed by atoms with Crippen molar-refractivity contribution in [2.75, 3.05) is 0 Å². The molecule has 0 atom stereocenters. The van der Waals surface area contributed by atoms with Gasteiger partial charge in [0.1, 0.15) is 12.3 Å². The van der Waals surface area contributed by atoms with E-state index in [1.165, 1.54) is 4.40 Å². The highest BCUT2D eigenvalue weighted by molar-refractivity contribution is 9.10. The van der Waals surface area contributed by atoms with Gasteiger partial charge >= 0.3 is 6.09 Å². The fourth-order valence-electron chi connectivity index (χ4n) is 2.83. The molecule has 1 fully saturated rings. The average molecular weight is 396 g/mol. The Hall–Kier alpha value is -1.93. The van der Waals surface area contributed by atoms with Gasteiger partial charge in [-0.2, -0.15) is 0 Å². The van der Waals surface area contributed by atoms with Gasteiger partial charge in [0, 0.05) is 22.3 Å². The van der Waals surface area contributed by atoms with Crippen LogP contribution in [0.3, 0.4) is 0 Å². The molecule has 0 unspecified atom stereocenters. The first-order valence-corrected chi connectivity index (χ1v) is 8.37. The van der Waals surface area contributed by atoms with E-state index in [-0.39, 0.29) is 18.2 Å². The van der Waals surface area contributed by atoms with Crippen LogP contribution in [0.2, 0.25) is 0 Å².